The van der Waals surface area contributed by atoms with E-state index in [2.05, 4.69) is 5.32 Å². The molecule has 2 unspecified atom stereocenters. The molecule has 3 rings (SSSR count). The van der Waals surface area contributed by atoms with Crippen molar-refractivity contribution < 1.29 is 13.3 Å². The van der Waals surface area contributed by atoms with E-state index in [0.29, 0.717) is 17.7 Å². The third-order valence-corrected chi connectivity index (χ3v) is 7.09. The van der Waals surface area contributed by atoms with Gasteiger partial charge in [0.2, 0.25) is 10.0 Å². The third kappa shape index (κ3) is 3.15. The van der Waals surface area contributed by atoms with Crippen molar-refractivity contribution in [2.75, 3.05) is 13.1 Å². The van der Waals surface area contributed by atoms with Crippen LogP contribution in [0.15, 0.2) is 17.0 Å². The molecule has 0 aliphatic carbocycles. The molecule has 0 amide bonds. The van der Waals surface area contributed by atoms with Crippen molar-refractivity contribution in [3.8, 4) is 0 Å². The van der Waals surface area contributed by atoms with Crippen LogP contribution in [0.1, 0.15) is 30.4 Å². The second kappa shape index (κ2) is 6.95. The van der Waals surface area contributed by atoms with Crippen molar-refractivity contribution in [3.63, 3.8) is 0 Å². The van der Waals surface area contributed by atoms with Gasteiger partial charge in [0.1, 0.15) is 0 Å². The Morgan fingerprint density at radius 3 is 2.54 bits per heavy atom. The van der Waals surface area contributed by atoms with Gasteiger partial charge in [0, 0.05) is 30.8 Å². The number of hydrogen-bond acceptors (Lipinski definition) is 5. The number of aryl methyl sites for hydroxylation is 1. The second-order valence-electron chi connectivity index (χ2n) is 6.36. The van der Waals surface area contributed by atoms with E-state index >= 15 is 0 Å². The molecule has 0 saturated carbocycles. The first-order valence-electron chi connectivity index (χ1n) is 7.82. The fourth-order valence-corrected chi connectivity index (χ4v) is 5.85. The molecule has 7 nitrogen and oxygen atoms in total. The van der Waals surface area contributed by atoms with Crippen molar-refractivity contribution in [3.05, 3.63) is 33.4 Å². The van der Waals surface area contributed by atoms with Crippen LogP contribution < -0.4 is 5.32 Å². The summed E-state index contributed by atoms with van der Waals surface area (Å²) in [7, 11) is -3.74. The molecule has 2 bridgehead atoms. The number of hydrogen-bond donors (Lipinski definition) is 1. The Balaban J connectivity index is 0.00000208. The molecule has 0 spiro atoms. The fourth-order valence-electron chi connectivity index (χ4n) is 3.63. The minimum absolute atomic E-state index is 0. The second-order valence-corrected chi connectivity index (χ2v) is 8.17. The highest BCUT2D eigenvalue weighted by Gasteiger charge is 2.43. The third-order valence-electron chi connectivity index (χ3n) is 4.96. The molecular weight excluding hydrogens is 354 g/mol. The summed E-state index contributed by atoms with van der Waals surface area (Å²) in [5, 5.41) is 14.4. The zero-order valence-electron chi connectivity index (χ0n) is 13.7. The molecule has 134 valence electrons. The average molecular weight is 376 g/mol. The normalized spacial score (nSPS) is 24.2. The van der Waals surface area contributed by atoms with E-state index in [0.717, 1.165) is 25.8 Å². The maximum atomic E-state index is 13.2. The van der Waals surface area contributed by atoms with Gasteiger partial charge in [0.25, 0.3) is 5.69 Å². The van der Waals surface area contributed by atoms with Crippen LogP contribution in [0.4, 0.5) is 5.69 Å². The molecular formula is C15H22ClN3O4S. The molecule has 2 atom stereocenters. The number of nitro benzene ring substituents is 1. The maximum absolute atomic E-state index is 13.2. The number of nitrogens with one attached hydrogen (secondary N) is 1. The molecule has 2 aliphatic heterocycles. The van der Waals surface area contributed by atoms with Crippen LogP contribution in [0, 0.1) is 24.0 Å². The molecule has 0 aromatic heterocycles. The first-order chi connectivity index (χ1) is 10.8. The summed E-state index contributed by atoms with van der Waals surface area (Å²) >= 11 is 0. The van der Waals surface area contributed by atoms with Crippen LogP contribution in [0.3, 0.4) is 0 Å². The molecule has 2 heterocycles. The Morgan fingerprint density at radius 1 is 1.21 bits per heavy atom. The van der Waals surface area contributed by atoms with Crippen LogP contribution in [0.5, 0.6) is 0 Å². The standard InChI is InChI=1S/C15H21N3O4S.ClH/c1-10-7-14(18(19)20)8-15(11(10)2)23(21,22)17-12-3-4-13(17)9-16-6-5-12;/h7-8,12-13,16H,3-6,9H2,1-2H3;1H. The lowest BCUT2D eigenvalue weighted by Gasteiger charge is -2.27. The van der Waals surface area contributed by atoms with Crippen LogP contribution >= 0.6 is 12.4 Å². The topological polar surface area (TPSA) is 92.5 Å². The van der Waals surface area contributed by atoms with Crippen molar-refractivity contribution in [1.29, 1.82) is 0 Å². The zero-order valence-corrected chi connectivity index (χ0v) is 15.3. The van der Waals surface area contributed by atoms with Gasteiger partial charge in [-0.15, -0.1) is 12.4 Å². The van der Waals surface area contributed by atoms with Crippen LogP contribution in [-0.4, -0.2) is 42.8 Å². The average Bonchev–Trinajstić information content (AvgIpc) is 2.75. The summed E-state index contributed by atoms with van der Waals surface area (Å²) in [6.07, 6.45) is 2.48. The Kier molecular flexibility index (Phi) is 5.54. The Bertz CT molecular complexity index is 739. The largest absolute Gasteiger partial charge is 0.315 e. The summed E-state index contributed by atoms with van der Waals surface area (Å²) in [6, 6.07) is 2.55. The first-order valence-corrected chi connectivity index (χ1v) is 9.26. The minimum atomic E-state index is -3.74. The van der Waals surface area contributed by atoms with E-state index in [1.165, 1.54) is 12.1 Å². The predicted octanol–water partition coefficient (Wildman–Crippen LogP) is 2.15. The van der Waals surface area contributed by atoms with E-state index in [1.54, 1.807) is 18.2 Å². The minimum Gasteiger partial charge on any atom is -0.315 e. The molecule has 2 fully saturated rings. The van der Waals surface area contributed by atoms with Gasteiger partial charge in [-0.3, -0.25) is 10.1 Å². The Morgan fingerprint density at radius 2 is 1.88 bits per heavy atom. The lowest BCUT2D eigenvalue weighted by molar-refractivity contribution is -0.385. The van der Waals surface area contributed by atoms with Gasteiger partial charge in [-0.05, 0) is 50.8 Å². The summed E-state index contributed by atoms with van der Waals surface area (Å²) < 4.78 is 28.0. The number of nitro groups is 1. The number of non-ortho nitro benzene ring substituents is 1. The summed E-state index contributed by atoms with van der Waals surface area (Å²) in [5.41, 5.74) is 1.04. The fraction of sp³-hybridized carbons (Fsp3) is 0.600. The first kappa shape index (κ1) is 19.1. The predicted molar refractivity (Wildman–Crippen MR) is 93.1 cm³/mol. The molecule has 2 aliphatic rings. The highest BCUT2D eigenvalue weighted by Crippen LogP contribution is 2.36. The summed E-state index contributed by atoms with van der Waals surface area (Å²) in [6.45, 7) is 4.87. The summed E-state index contributed by atoms with van der Waals surface area (Å²) in [4.78, 5) is 10.6. The van der Waals surface area contributed by atoms with E-state index < -0.39 is 14.9 Å². The van der Waals surface area contributed by atoms with Crippen molar-refractivity contribution in [1.82, 2.24) is 9.62 Å². The van der Waals surface area contributed by atoms with Gasteiger partial charge in [0.15, 0.2) is 0 Å². The van der Waals surface area contributed by atoms with Crippen molar-refractivity contribution in [2.24, 2.45) is 0 Å². The number of benzene rings is 1. The van der Waals surface area contributed by atoms with Gasteiger partial charge < -0.3 is 5.32 Å². The van der Waals surface area contributed by atoms with E-state index in [1.807, 2.05) is 0 Å². The highest BCUT2D eigenvalue weighted by molar-refractivity contribution is 7.89. The summed E-state index contributed by atoms with van der Waals surface area (Å²) in [5.74, 6) is 0. The quantitative estimate of drug-likeness (QED) is 0.645. The molecule has 2 saturated heterocycles. The molecule has 1 aromatic rings. The maximum Gasteiger partial charge on any atom is 0.271 e. The number of halogens is 1. The Hall–Kier alpha value is -1.22. The number of nitrogens with zero attached hydrogens (tertiary/aromatic N) is 2. The van der Waals surface area contributed by atoms with E-state index in [-0.39, 0.29) is 35.1 Å². The SMILES string of the molecule is Cc1cc([N+](=O)[O-])cc(S(=O)(=O)N2C3CCNCC2CC3)c1C.Cl. The monoisotopic (exact) mass is 375 g/mol. The van der Waals surface area contributed by atoms with Gasteiger partial charge in [-0.25, -0.2) is 8.42 Å². The number of sulfonamides is 1. The molecule has 0 radical (unpaired) electrons. The van der Waals surface area contributed by atoms with Crippen LogP contribution in [-0.2, 0) is 10.0 Å². The van der Waals surface area contributed by atoms with E-state index in [9.17, 15) is 18.5 Å². The molecule has 1 N–H and O–H groups in total. The van der Waals surface area contributed by atoms with Crippen molar-refractivity contribution >= 4 is 28.1 Å². The van der Waals surface area contributed by atoms with Gasteiger partial charge >= 0.3 is 0 Å². The lowest BCUT2D eigenvalue weighted by atomic mass is 10.1. The Labute approximate surface area is 148 Å². The van der Waals surface area contributed by atoms with Crippen LogP contribution in [0.2, 0.25) is 0 Å². The lowest BCUT2D eigenvalue weighted by Crippen LogP contribution is -2.42. The van der Waals surface area contributed by atoms with E-state index in [4.69, 9.17) is 0 Å². The highest BCUT2D eigenvalue weighted by atomic mass is 35.5. The smallest absolute Gasteiger partial charge is 0.271 e. The molecule has 24 heavy (non-hydrogen) atoms. The van der Waals surface area contributed by atoms with Crippen LogP contribution in [0.25, 0.3) is 0 Å². The van der Waals surface area contributed by atoms with Gasteiger partial charge in [-0.2, -0.15) is 4.31 Å². The van der Waals surface area contributed by atoms with Crippen molar-refractivity contribution in [2.45, 2.75) is 50.1 Å². The zero-order chi connectivity index (χ0) is 16.8. The van der Waals surface area contributed by atoms with Gasteiger partial charge in [-0.1, -0.05) is 0 Å². The number of rotatable bonds is 3. The van der Waals surface area contributed by atoms with Gasteiger partial charge in [0.05, 0.1) is 9.82 Å². The molecule has 1 aromatic carbocycles. The molecule has 9 heteroatoms. The number of fused-ring (bicyclic) bond motifs is 2.